The van der Waals surface area contributed by atoms with Gasteiger partial charge in [0.1, 0.15) is 0 Å². The lowest BCUT2D eigenvalue weighted by atomic mass is 10.1. The molecule has 1 N–H and O–H groups in total. The first-order valence-corrected chi connectivity index (χ1v) is 11.0. The van der Waals surface area contributed by atoms with Crippen LogP contribution in [0, 0.1) is 0 Å². The number of aromatic nitrogens is 2. The van der Waals surface area contributed by atoms with Crippen molar-refractivity contribution in [3.8, 4) is 0 Å². The topological polar surface area (TPSA) is 54.9 Å². The Kier molecular flexibility index (Phi) is 5.27. The van der Waals surface area contributed by atoms with Gasteiger partial charge in [0.05, 0.1) is 11.0 Å². The van der Waals surface area contributed by atoms with E-state index < -0.39 is 0 Å². The van der Waals surface area contributed by atoms with E-state index in [0.29, 0.717) is 12.1 Å². The minimum absolute atomic E-state index is 0.102. The molecule has 2 aromatic carbocycles. The zero-order valence-corrected chi connectivity index (χ0v) is 16.3. The summed E-state index contributed by atoms with van der Waals surface area (Å²) in [7, 11) is 3.31. The number of fused-ring (bicyclic) bond motifs is 2. The molecule has 0 atom stereocenters. The maximum atomic E-state index is 12.8. The largest absolute Gasteiger partial charge is 0.348 e. The third kappa shape index (κ3) is 3.77. The predicted octanol–water partition coefficient (Wildman–Crippen LogP) is 5.08. The molecule has 4 nitrogen and oxygen atoms in total. The summed E-state index contributed by atoms with van der Waals surface area (Å²) in [5, 5.41) is 4.98. The molecule has 0 fully saturated rings. The normalized spacial score (nSPS) is 11.0. The van der Waals surface area contributed by atoms with Crippen LogP contribution in [-0.2, 0) is 6.54 Å². The van der Waals surface area contributed by atoms with Crippen LogP contribution >= 0.6 is 21.6 Å². The average molecular weight is 392 g/mol. The first kappa shape index (κ1) is 17.8. The molecule has 27 heavy (non-hydrogen) atoms. The van der Waals surface area contributed by atoms with Crippen LogP contribution in [-0.4, -0.2) is 22.1 Å². The van der Waals surface area contributed by atoms with Gasteiger partial charge in [0, 0.05) is 40.2 Å². The fraction of sp³-hybridized carbons (Fsp3) is 0.0952. The van der Waals surface area contributed by atoms with E-state index in [9.17, 15) is 4.79 Å². The molecule has 0 radical (unpaired) electrons. The van der Waals surface area contributed by atoms with E-state index in [4.69, 9.17) is 0 Å². The Morgan fingerprint density at radius 2 is 1.89 bits per heavy atom. The van der Waals surface area contributed by atoms with Gasteiger partial charge in [0.25, 0.3) is 5.91 Å². The van der Waals surface area contributed by atoms with Crippen LogP contribution in [0.25, 0.3) is 21.8 Å². The molecule has 0 saturated carbocycles. The second-order valence-corrected chi connectivity index (χ2v) is 8.41. The lowest BCUT2D eigenvalue weighted by molar-refractivity contribution is 0.0952. The molecule has 0 aliphatic carbocycles. The number of hydrogen-bond acceptors (Lipinski definition) is 5. The Balaban J connectivity index is 1.58. The second-order valence-electron chi connectivity index (χ2n) is 5.97. The molecule has 0 saturated heterocycles. The number of benzene rings is 2. The summed E-state index contributed by atoms with van der Waals surface area (Å²) in [5.74, 6) is -0.102. The average Bonchev–Trinajstić information content (AvgIpc) is 2.72. The van der Waals surface area contributed by atoms with Crippen molar-refractivity contribution in [1.82, 2.24) is 15.3 Å². The number of pyridine rings is 2. The molecule has 0 aliphatic rings. The van der Waals surface area contributed by atoms with Crippen LogP contribution in [0.2, 0.25) is 0 Å². The van der Waals surface area contributed by atoms with E-state index >= 15 is 0 Å². The lowest BCUT2D eigenvalue weighted by Crippen LogP contribution is -2.23. The molecule has 0 bridgehead atoms. The van der Waals surface area contributed by atoms with E-state index in [1.54, 1.807) is 34.0 Å². The molecule has 4 aromatic rings. The highest BCUT2D eigenvalue weighted by atomic mass is 33.1. The molecule has 2 aromatic heterocycles. The molecule has 6 heteroatoms. The summed E-state index contributed by atoms with van der Waals surface area (Å²) < 4.78 is 0. The monoisotopic (exact) mass is 391 g/mol. The summed E-state index contributed by atoms with van der Waals surface area (Å²) >= 11 is 0. The van der Waals surface area contributed by atoms with Gasteiger partial charge in [-0.3, -0.25) is 14.8 Å². The molecule has 134 valence electrons. The quantitative estimate of drug-likeness (QED) is 0.481. The fourth-order valence-electron chi connectivity index (χ4n) is 3.00. The highest BCUT2D eigenvalue weighted by Gasteiger charge is 2.13. The third-order valence-corrected chi connectivity index (χ3v) is 5.99. The first-order valence-electron chi connectivity index (χ1n) is 8.46. The highest BCUT2D eigenvalue weighted by molar-refractivity contribution is 8.76. The van der Waals surface area contributed by atoms with Crippen molar-refractivity contribution in [2.45, 2.75) is 11.4 Å². The molecule has 0 unspecified atom stereocenters. The van der Waals surface area contributed by atoms with Crippen LogP contribution in [0.3, 0.4) is 0 Å². The van der Waals surface area contributed by atoms with E-state index in [2.05, 4.69) is 15.3 Å². The number of nitrogens with one attached hydrogen (secondary N) is 1. The maximum Gasteiger partial charge on any atom is 0.252 e. The Morgan fingerprint density at radius 1 is 1.04 bits per heavy atom. The van der Waals surface area contributed by atoms with Crippen molar-refractivity contribution in [3.63, 3.8) is 0 Å². The van der Waals surface area contributed by atoms with Crippen molar-refractivity contribution in [2.75, 3.05) is 6.26 Å². The summed E-state index contributed by atoms with van der Waals surface area (Å²) in [6.45, 7) is 0.453. The molecular formula is C21H17N3OS2. The van der Waals surface area contributed by atoms with Crippen LogP contribution in [0.5, 0.6) is 0 Å². The number of carbonyl (C=O) groups is 1. The molecule has 0 spiro atoms. The number of carbonyl (C=O) groups excluding carboxylic acids is 1. The van der Waals surface area contributed by atoms with Gasteiger partial charge < -0.3 is 5.32 Å². The van der Waals surface area contributed by atoms with Gasteiger partial charge in [0.2, 0.25) is 0 Å². The predicted molar refractivity (Wildman–Crippen MR) is 114 cm³/mol. The van der Waals surface area contributed by atoms with E-state index in [1.807, 2.05) is 60.9 Å². The minimum Gasteiger partial charge on any atom is -0.348 e. The van der Waals surface area contributed by atoms with Gasteiger partial charge >= 0.3 is 0 Å². The van der Waals surface area contributed by atoms with E-state index in [-0.39, 0.29) is 5.91 Å². The zero-order chi connectivity index (χ0) is 18.6. The third-order valence-electron chi connectivity index (χ3n) is 4.27. The number of nitrogens with zero attached hydrogens (tertiary/aromatic N) is 2. The zero-order valence-electron chi connectivity index (χ0n) is 14.7. The second kappa shape index (κ2) is 7.98. The van der Waals surface area contributed by atoms with Crippen molar-refractivity contribution in [3.05, 3.63) is 78.1 Å². The molecule has 4 rings (SSSR count). The summed E-state index contributed by atoms with van der Waals surface area (Å²) in [6.07, 6.45) is 5.56. The van der Waals surface area contributed by atoms with Gasteiger partial charge in [-0.15, -0.1) is 0 Å². The minimum atomic E-state index is -0.102. The van der Waals surface area contributed by atoms with Crippen LogP contribution < -0.4 is 5.32 Å². The number of rotatable bonds is 5. The molecule has 2 heterocycles. The number of amides is 1. The van der Waals surface area contributed by atoms with Gasteiger partial charge in [-0.1, -0.05) is 45.9 Å². The Bertz CT molecular complexity index is 1130. The summed E-state index contributed by atoms with van der Waals surface area (Å²) in [4.78, 5) is 22.7. The van der Waals surface area contributed by atoms with Crippen LogP contribution in [0.15, 0.2) is 71.9 Å². The molecular weight excluding hydrogens is 374 g/mol. The molecule has 0 aliphatic heterocycles. The number of hydrogen-bond donors (Lipinski definition) is 1. The maximum absolute atomic E-state index is 12.8. The van der Waals surface area contributed by atoms with Gasteiger partial charge in [-0.25, -0.2) is 0 Å². The van der Waals surface area contributed by atoms with Crippen molar-refractivity contribution < 1.29 is 4.79 Å². The highest BCUT2D eigenvalue weighted by Crippen LogP contribution is 2.34. The van der Waals surface area contributed by atoms with E-state index in [0.717, 1.165) is 32.3 Å². The fourth-order valence-corrected chi connectivity index (χ4v) is 4.49. The van der Waals surface area contributed by atoms with Crippen molar-refractivity contribution in [2.24, 2.45) is 0 Å². The molecule has 1 amide bonds. The van der Waals surface area contributed by atoms with E-state index in [1.165, 1.54) is 0 Å². The van der Waals surface area contributed by atoms with Gasteiger partial charge in [-0.05, 0) is 42.2 Å². The Hall–Kier alpha value is -2.57. The lowest BCUT2D eigenvalue weighted by Gasteiger charge is -2.10. The van der Waals surface area contributed by atoms with Crippen LogP contribution in [0.1, 0.15) is 15.9 Å². The smallest absolute Gasteiger partial charge is 0.252 e. The van der Waals surface area contributed by atoms with Gasteiger partial charge in [0.15, 0.2) is 0 Å². The Labute approximate surface area is 165 Å². The first-order chi connectivity index (χ1) is 13.3. The summed E-state index contributed by atoms with van der Waals surface area (Å²) in [5.41, 5.74) is 3.45. The van der Waals surface area contributed by atoms with Gasteiger partial charge in [-0.2, -0.15) is 0 Å². The Morgan fingerprint density at radius 3 is 2.78 bits per heavy atom. The summed E-state index contributed by atoms with van der Waals surface area (Å²) in [6, 6.07) is 17.6. The van der Waals surface area contributed by atoms with Crippen LogP contribution in [0.4, 0.5) is 0 Å². The van der Waals surface area contributed by atoms with Crippen molar-refractivity contribution in [1.29, 1.82) is 0 Å². The standard InChI is InChI=1S/C21H17N3OS2/c1-26-27-19-9-8-17(16-5-3-11-23-20(16)19)21(25)24-13-14-6-7-15-4-2-10-22-18(15)12-14/h2-12H,13H2,1H3,(H,24,25). The SMILES string of the molecule is CSSc1ccc(C(=O)NCc2ccc3cccnc3c2)c2cccnc12. The van der Waals surface area contributed by atoms with Crippen molar-refractivity contribution >= 4 is 49.3 Å².